The fourth-order valence-electron chi connectivity index (χ4n) is 6.10. The Bertz CT molecular complexity index is 333. The van der Waals surface area contributed by atoms with Gasteiger partial charge < -0.3 is 5.32 Å². The van der Waals surface area contributed by atoms with E-state index >= 15 is 0 Å². The van der Waals surface area contributed by atoms with Crippen LogP contribution in [0.3, 0.4) is 0 Å². The molecule has 5 aliphatic rings. The summed E-state index contributed by atoms with van der Waals surface area (Å²) in [5.74, 6) is 3.18. The van der Waals surface area contributed by atoms with Crippen molar-refractivity contribution in [2.75, 3.05) is 0 Å². The highest BCUT2D eigenvalue weighted by molar-refractivity contribution is 14.1. The fourth-order valence-corrected chi connectivity index (χ4v) is 8.04. The second-order valence-corrected chi connectivity index (χ2v) is 10.5. The molecule has 1 nitrogen and oxygen atoms in total. The maximum absolute atomic E-state index is 4.20. The summed E-state index contributed by atoms with van der Waals surface area (Å²) in [5, 5.41) is 4.20. The fraction of sp³-hybridized carbons (Fsp3) is 1.00. The van der Waals surface area contributed by atoms with Crippen molar-refractivity contribution in [2.24, 2.45) is 17.8 Å². The summed E-state index contributed by atoms with van der Waals surface area (Å²) in [6.45, 7) is 0. The van der Waals surface area contributed by atoms with Gasteiger partial charge in [-0.3, -0.25) is 0 Å². The standard InChI is InChI=1S/C18H30IN/c19-18-11-13-8-14(12-18)10-15(9-13)17(18)20-16-6-4-2-1-3-5-7-16/h13-17,20H,1-12H2. The molecule has 114 valence electrons. The topological polar surface area (TPSA) is 12.0 Å². The number of hydrogen-bond acceptors (Lipinski definition) is 1. The first kappa shape index (κ1) is 14.3. The van der Waals surface area contributed by atoms with Crippen LogP contribution in [0.4, 0.5) is 0 Å². The van der Waals surface area contributed by atoms with E-state index in [2.05, 4.69) is 27.9 Å². The highest BCUT2D eigenvalue weighted by atomic mass is 127. The summed E-state index contributed by atoms with van der Waals surface area (Å²) in [6.07, 6.45) is 18.0. The van der Waals surface area contributed by atoms with Gasteiger partial charge in [-0.2, -0.15) is 0 Å². The molecule has 0 saturated heterocycles. The minimum atomic E-state index is 0.620. The molecule has 2 heteroatoms. The Morgan fingerprint density at radius 3 is 2.00 bits per heavy atom. The van der Waals surface area contributed by atoms with E-state index in [4.69, 9.17) is 0 Å². The lowest BCUT2D eigenvalue weighted by Crippen LogP contribution is -2.64. The van der Waals surface area contributed by atoms with Crippen molar-refractivity contribution in [1.29, 1.82) is 0 Å². The van der Waals surface area contributed by atoms with Crippen LogP contribution in [0.25, 0.3) is 0 Å². The van der Waals surface area contributed by atoms with Gasteiger partial charge in [-0.15, -0.1) is 0 Å². The third kappa shape index (κ3) is 2.68. The van der Waals surface area contributed by atoms with Crippen LogP contribution in [0.5, 0.6) is 0 Å². The van der Waals surface area contributed by atoms with Crippen LogP contribution in [0.2, 0.25) is 0 Å². The van der Waals surface area contributed by atoms with Crippen LogP contribution >= 0.6 is 22.6 Å². The third-order valence-corrected chi connectivity index (χ3v) is 8.30. The minimum absolute atomic E-state index is 0.620. The van der Waals surface area contributed by atoms with Gasteiger partial charge in [0.1, 0.15) is 0 Å². The number of nitrogens with one attached hydrogen (secondary N) is 1. The van der Waals surface area contributed by atoms with Crippen molar-refractivity contribution in [3.8, 4) is 0 Å². The molecular weight excluding hydrogens is 357 g/mol. The Hall–Kier alpha value is 0.690. The van der Waals surface area contributed by atoms with Gasteiger partial charge in [-0.1, -0.05) is 54.7 Å². The van der Waals surface area contributed by atoms with Gasteiger partial charge in [0, 0.05) is 15.5 Å². The molecule has 1 N–H and O–H groups in total. The van der Waals surface area contributed by atoms with Gasteiger partial charge in [0.05, 0.1) is 0 Å². The first-order chi connectivity index (χ1) is 9.73. The van der Waals surface area contributed by atoms with Crippen LogP contribution in [0, 0.1) is 17.8 Å². The Morgan fingerprint density at radius 1 is 0.800 bits per heavy atom. The number of hydrogen-bond donors (Lipinski definition) is 1. The van der Waals surface area contributed by atoms with Gasteiger partial charge in [0.2, 0.25) is 0 Å². The predicted octanol–water partition coefficient (Wildman–Crippen LogP) is 5.07. The van der Waals surface area contributed by atoms with E-state index in [0.717, 1.165) is 29.8 Å². The highest BCUT2D eigenvalue weighted by Gasteiger charge is 2.55. The van der Waals surface area contributed by atoms with Crippen LogP contribution in [0.15, 0.2) is 0 Å². The Labute approximate surface area is 138 Å². The van der Waals surface area contributed by atoms with E-state index in [1.807, 2.05) is 0 Å². The quantitative estimate of drug-likeness (QED) is 0.515. The summed E-state index contributed by atoms with van der Waals surface area (Å²) in [4.78, 5) is 0. The molecule has 0 spiro atoms. The summed E-state index contributed by atoms with van der Waals surface area (Å²) in [7, 11) is 0. The van der Waals surface area contributed by atoms with Gasteiger partial charge in [0.15, 0.2) is 0 Å². The zero-order valence-electron chi connectivity index (χ0n) is 12.7. The maximum atomic E-state index is 4.20. The van der Waals surface area contributed by atoms with Crippen molar-refractivity contribution in [1.82, 2.24) is 5.32 Å². The van der Waals surface area contributed by atoms with E-state index in [-0.39, 0.29) is 0 Å². The maximum Gasteiger partial charge on any atom is 0.0383 e. The van der Waals surface area contributed by atoms with Crippen LogP contribution in [0.1, 0.15) is 77.0 Å². The molecule has 0 aliphatic heterocycles. The monoisotopic (exact) mass is 387 g/mol. The van der Waals surface area contributed by atoms with Crippen molar-refractivity contribution < 1.29 is 0 Å². The highest BCUT2D eigenvalue weighted by Crippen LogP contribution is 2.59. The molecule has 5 fully saturated rings. The molecule has 0 heterocycles. The minimum Gasteiger partial charge on any atom is -0.310 e. The van der Waals surface area contributed by atoms with Crippen LogP contribution in [-0.2, 0) is 0 Å². The molecule has 5 aliphatic carbocycles. The molecule has 3 unspecified atom stereocenters. The molecule has 0 aromatic carbocycles. The Morgan fingerprint density at radius 2 is 1.40 bits per heavy atom. The summed E-state index contributed by atoms with van der Waals surface area (Å²) in [6, 6.07) is 1.68. The zero-order chi connectivity index (χ0) is 13.6. The van der Waals surface area contributed by atoms with E-state index in [0.29, 0.717) is 3.42 Å². The van der Waals surface area contributed by atoms with Gasteiger partial charge in [-0.25, -0.2) is 0 Å². The number of rotatable bonds is 2. The SMILES string of the molecule is IC12CC3CC(CC(C3)C1NC1CCCCCCC1)C2. The second kappa shape index (κ2) is 5.72. The average Bonchev–Trinajstić information content (AvgIpc) is 2.34. The van der Waals surface area contributed by atoms with Gasteiger partial charge >= 0.3 is 0 Å². The Balaban J connectivity index is 1.44. The summed E-state index contributed by atoms with van der Waals surface area (Å²) in [5.41, 5.74) is 0. The van der Waals surface area contributed by atoms with E-state index < -0.39 is 0 Å². The number of halogens is 1. The predicted molar refractivity (Wildman–Crippen MR) is 93.3 cm³/mol. The molecule has 20 heavy (non-hydrogen) atoms. The molecule has 5 saturated carbocycles. The third-order valence-electron chi connectivity index (χ3n) is 6.74. The zero-order valence-corrected chi connectivity index (χ0v) is 14.9. The summed E-state index contributed by atoms with van der Waals surface area (Å²) >= 11 is 2.88. The van der Waals surface area contributed by atoms with Crippen LogP contribution in [-0.4, -0.2) is 15.5 Å². The first-order valence-electron chi connectivity index (χ1n) is 9.18. The number of alkyl halides is 1. The average molecular weight is 387 g/mol. The molecule has 3 atom stereocenters. The molecule has 0 amide bonds. The second-order valence-electron chi connectivity index (χ2n) is 8.33. The molecule has 4 bridgehead atoms. The molecule has 0 radical (unpaired) electrons. The van der Waals surface area contributed by atoms with E-state index in [9.17, 15) is 0 Å². The Kier molecular flexibility index (Phi) is 4.08. The molecule has 0 aromatic heterocycles. The lowest BCUT2D eigenvalue weighted by Gasteiger charge is -2.59. The van der Waals surface area contributed by atoms with Gasteiger partial charge in [-0.05, 0) is 62.7 Å². The van der Waals surface area contributed by atoms with E-state index in [1.54, 1.807) is 19.3 Å². The first-order valence-corrected chi connectivity index (χ1v) is 10.3. The molecule has 5 rings (SSSR count). The van der Waals surface area contributed by atoms with Crippen LogP contribution < -0.4 is 5.32 Å². The van der Waals surface area contributed by atoms with Crippen molar-refractivity contribution >= 4 is 22.6 Å². The van der Waals surface area contributed by atoms with Crippen molar-refractivity contribution in [2.45, 2.75) is 92.6 Å². The molecule has 0 aromatic rings. The smallest absolute Gasteiger partial charge is 0.0383 e. The molecular formula is C18H30IN. The normalized spacial score (nSPS) is 49.0. The summed E-state index contributed by atoms with van der Waals surface area (Å²) < 4.78 is 0.620. The largest absolute Gasteiger partial charge is 0.310 e. The van der Waals surface area contributed by atoms with Crippen molar-refractivity contribution in [3.05, 3.63) is 0 Å². The lowest BCUT2D eigenvalue weighted by molar-refractivity contribution is 0.00729. The lowest BCUT2D eigenvalue weighted by atomic mass is 9.54. The van der Waals surface area contributed by atoms with E-state index in [1.165, 1.54) is 57.8 Å². The van der Waals surface area contributed by atoms with Crippen molar-refractivity contribution in [3.63, 3.8) is 0 Å². The van der Waals surface area contributed by atoms with Gasteiger partial charge in [0.25, 0.3) is 0 Å².